The second-order valence-electron chi connectivity index (χ2n) is 4.58. The van der Waals surface area contributed by atoms with Gasteiger partial charge in [0.2, 0.25) is 0 Å². The molecular formula is C15H11F2NO2. The molecule has 102 valence electrons. The van der Waals surface area contributed by atoms with Crippen LogP contribution in [0.3, 0.4) is 0 Å². The standard InChI is InChI=1S/C15H11F2NO2/c16-10-4-11(17)6-12(5-10)20-15-2-1-9(8-19)3-13(15)14-7-18-14/h1-6,8,14,18H,7H2. The fourth-order valence-electron chi connectivity index (χ4n) is 2.00. The Balaban J connectivity index is 1.95. The normalized spacial score (nSPS) is 16.8. The van der Waals surface area contributed by atoms with Crippen molar-refractivity contribution in [2.45, 2.75) is 6.04 Å². The first-order valence-electron chi connectivity index (χ1n) is 6.12. The van der Waals surface area contributed by atoms with Gasteiger partial charge in [-0.1, -0.05) is 0 Å². The smallest absolute Gasteiger partial charge is 0.150 e. The van der Waals surface area contributed by atoms with Gasteiger partial charge in [0.1, 0.15) is 29.4 Å². The van der Waals surface area contributed by atoms with Crippen LogP contribution in [0.15, 0.2) is 36.4 Å². The van der Waals surface area contributed by atoms with E-state index in [9.17, 15) is 13.6 Å². The van der Waals surface area contributed by atoms with E-state index in [0.29, 0.717) is 11.3 Å². The van der Waals surface area contributed by atoms with Gasteiger partial charge in [-0.3, -0.25) is 4.79 Å². The van der Waals surface area contributed by atoms with Crippen LogP contribution >= 0.6 is 0 Å². The zero-order chi connectivity index (χ0) is 14.1. The monoisotopic (exact) mass is 275 g/mol. The van der Waals surface area contributed by atoms with Crippen LogP contribution in [-0.2, 0) is 0 Å². The van der Waals surface area contributed by atoms with Crippen LogP contribution in [0.4, 0.5) is 8.78 Å². The number of hydrogen-bond donors (Lipinski definition) is 1. The predicted octanol–water partition coefficient (Wildman–Crippen LogP) is 3.21. The molecule has 1 N–H and O–H groups in total. The van der Waals surface area contributed by atoms with Crippen molar-refractivity contribution in [3.63, 3.8) is 0 Å². The lowest BCUT2D eigenvalue weighted by Crippen LogP contribution is -1.95. The van der Waals surface area contributed by atoms with Crippen molar-refractivity contribution >= 4 is 6.29 Å². The summed E-state index contributed by atoms with van der Waals surface area (Å²) in [5, 5.41) is 3.11. The fourth-order valence-corrected chi connectivity index (χ4v) is 2.00. The third kappa shape index (κ3) is 2.67. The minimum absolute atomic E-state index is 0.0863. The Labute approximate surface area is 114 Å². The lowest BCUT2D eigenvalue weighted by atomic mass is 10.1. The van der Waals surface area contributed by atoms with Gasteiger partial charge in [-0.2, -0.15) is 0 Å². The Morgan fingerprint density at radius 3 is 2.45 bits per heavy atom. The first kappa shape index (κ1) is 12.7. The van der Waals surface area contributed by atoms with Gasteiger partial charge in [0.25, 0.3) is 0 Å². The maximum atomic E-state index is 13.1. The third-order valence-corrected chi connectivity index (χ3v) is 3.02. The van der Waals surface area contributed by atoms with Gasteiger partial charge < -0.3 is 10.1 Å². The number of halogens is 2. The second kappa shape index (κ2) is 5.02. The highest BCUT2D eigenvalue weighted by molar-refractivity contribution is 5.76. The summed E-state index contributed by atoms with van der Waals surface area (Å²) >= 11 is 0. The molecule has 20 heavy (non-hydrogen) atoms. The summed E-state index contributed by atoms with van der Waals surface area (Å²) < 4.78 is 31.8. The first-order valence-corrected chi connectivity index (χ1v) is 6.12. The van der Waals surface area contributed by atoms with Crippen molar-refractivity contribution in [3.05, 3.63) is 59.2 Å². The van der Waals surface area contributed by atoms with Crippen molar-refractivity contribution in [3.8, 4) is 11.5 Å². The Morgan fingerprint density at radius 2 is 1.85 bits per heavy atom. The number of carbonyl (C=O) groups excluding carboxylic acids is 1. The van der Waals surface area contributed by atoms with E-state index in [0.717, 1.165) is 36.6 Å². The highest BCUT2D eigenvalue weighted by Gasteiger charge is 2.26. The zero-order valence-corrected chi connectivity index (χ0v) is 10.4. The molecule has 0 radical (unpaired) electrons. The molecule has 0 amide bonds. The van der Waals surface area contributed by atoms with Crippen LogP contribution in [0.5, 0.6) is 11.5 Å². The highest BCUT2D eigenvalue weighted by atomic mass is 19.1. The Hall–Kier alpha value is -2.27. The molecule has 2 aromatic carbocycles. The van der Waals surface area contributed by atoms with Crippen LogP contribution in [-0.4, -0.2) is 12.8 Å². The number of aldehydes is 1. The number of hydrogen-bond acceptors (Lipinski definition) is 3. The molecule has 1 fully saturated rings. The molecule has 5 heteroatoms. The number of nitrogens with one attached hydrogen (secondary N) is 1. The van der Waals surface area contributed by atoms with Crippen LogP contribution in [0.2, 0.25) is 0 Å². The Bertz CT molecular complexity index is 649. The van der Waals surface area contributed by atoms with Gasteiger partial charge >= 0.3 is 0 Å². The average molecular weight is 275 g/mol. The molecule has 1 saturated heterocycles. The van der Waals surface area contributed by atoms with Crippen molar-refractivity contribution in [2.24, 2.45) is 0 Å². The molecule has 0 aliphatic carbocycles. The second-order valence-corrected chi connectivity index (χ2v) is 4.58. The molecule has 3 rings (SSSR count). The van der Waals surface area contributed by atoms with Crippen molar-refractivity contribution in [2.75, 3.05) is 6.54 Å². The molecule has 1 heterocycles. The molecular weight excluding hydrogens is 264 g/mol. The first-order chi connectivity index (χ1) is 9.65. The Kier molecular flexibility index (Phi) is 3.20. The SMILES string of the molecule is O=Cc1ccc(Oc2cc(F)cc(F)c2)c(C2CN2)c1. The molecule has 0 bridgehead atoms. The highest BCUT2D eigenvalue weighted by Crippen LogP contribution is 2.34. The number of ether oxygens (including phenoxy) is 1. The lowest BCUT2D eigenvalue weighted by molar-refractivity contribution is 0.112. The number of rotatable bonds is 4. The molecule has 1 unspecified atom stereocenters. The van der Waals surface area contributed by atoms with Gasteiger partial charge in [0, 0.05) is 41.9 Å². The van der Waals surface area contributed by atoms with E-state index in [1.807, 2.05) is 0 Å². The molecule has 3 nitrogen and oxygen atoms in total. The third-order valence-electron chi connectivity index (χ3n) is 3.02. The predicted molar refractivity (Wildman–Crippen MR) is 69.0 cm³/mol. The molecule has 1 aliphatic heterocycles. The summed E-state index contributed by atoms with van der Waals surface area (Å²) in [7, 11) is 0. The van der Waals surface area contributed by atoms with E-state index in [1.165, 1.54) is 0 Å². The van der Waals surface area contributed by atoms with Gasteiger partial charge in [-0.05, 0) is 18.2 Å². The lowest BCUT2D eigenvalue weighted by Gasteiger charge is -2.11. The largest absolute Gasteiger partial charge is 0.457 e. The summed E-state index contributed by atoms with van der Waals surface area (Å²) in [6.07, 6.45) is 0.748. The molecule has 1 atom stereocenters. The van der Waals surface area contributed by atoms with Gasteiger partial charge in [-0.25, -0.2) is 8.78 Å². The van der Waals surface area contributed by atoms with E-state index in [4.69, 9.17) is 4.74 Å². The topological polar surface area (TPSA) is 48.2 Å². The Morgan fingerprint density at radius 1 is 1.15 bits per heavy atom. The minimum atomic E-state index is -0.699. The summed E-state index contributed by atoms with van der Waals surface area (Å²) in [6, 6.07) is 8.06. The van der Waals surface area contributed by atoms with Crippen molar-refractivity contribution < 1.29 is 18.3 Å². The molecule has 0 spiro atoms. The quantitative estimate of drug-likeness (QED) is 0.688. The van der Waals surface area contributed by atoms with E-state index in [2.05, 4.69) is 5.32 Å². The molecule has 0 aromatic heterocycles. The van der Waals surface area contributed by atoms with Gasteiger partial charge in [-0.15, -0.1) is 0 Å². The van der Waals surface area contributed by atoms with E-state index in [-0.39, 0.29) is 11.8 Å². The van der Waals surface area contributed by atoms with Crippen LogP contribution in [0.1, 0.15) is 22.0 Å². The number of carbonyl (C=O) groups is 1. The molecule has 0 saturated carbocycles. The maximum Gasteiger partial charge on any atom is 0.150 e. The van der Waals surface area contributed by atoms with Crippen LogP contribution < -0.4 is 10.1 Å². The summed E-state index contributed by atoms with van der Waals surface area (Å²) in [6.45, 7) is 0.788. The summed E-state index contributed by atoms with van der Waals surface area (Å²) in [4.78, 5) is 10.8. The van der Waals surface area contributed by atoms with Crippen molar-refractivity contribution in [1.29, 1.82) is 0 Å². The number of benzene rings is 2. The molecule has 2 aromatic rings. The van der Waals surface area contributed by atoms with Gasteiger partial charge in [0.15, 0.2) is 0 Å². The zero-order valence-electron chi connectivity index (χ0n) is 10.4. The van der Waals surface area contributed by atoms with E-state index < -0.39 is 11.6 Å². The van der Waals surface area contributed by atoms with Crippen LogP contribution in [0.25, 0.3) is 0 Å². The van der Waals surface area contributed by atoms with Crippen LogP contribution in [0, 0.1) is 11.6 Å². The fraction of sp³-hybridized carbons (Fsp3) is 0.133. The molecule has 1 aliphatic rings. The maximum absolute atomic E-state index is 13.1. The average Bonchev–Trinajstić information content (AvgIpc) is 3.22. The summed E-state index contributed by atoms with van der Waals surface area (Å²) in [5.74, 6) is -0.829. The summed E-state index contributed by atoms with van der Waals surface area (Å²) in [5.41, 5.74) is 1.34. The van der Waals surface area contributed by atoms with Gasteiger partial charge in [0.05, 0.1) is 0 Å². The minimum Gasteiger partial charge on any atom is -0.457 e. The van der Waals surface area contributed by atoms with E-state index in [1.54, 1.807) is 18.2 Å². The van der Waals surface area contributed by atoms with Crippen molar-refractivity contribution in [1.82, 2.24) is 5.32 Å². The van der Waals surface area contributed by atoms with E-state index >= 15 is 0 Å².